The van der Waals surface area contributed by atoms with Gasteiger partial charge in [-0.05, 0) is 82.8 Å². The van der Waals surface area contributed by atoms with E-state index in [0.717, 1.165) is 53.0 Å². The quantitative estimate of drug-likeness (QED) is 0.432. The van der Waals surface area contributed by atoms with Crippen LogP contribution >= 0.6 is 0 Å². The predicted octanol–water partition coefficient (Wildman–Crippen LogP) is 7.09. The molecule has 0 aromatic heterocycles. The minimum Gasteiger partial charge on any atom is -0.489 e. The largest absolute Gasteiger partial charge is 0.489 e. The number of hydrogen-bond acceptors (Lipinski definition) is 2. The number of benzene rings is 3. The summed E-state index contributed by atoms with van der Waals surface area (Å²) in [7, 11) is 0. The molecule has 6 heteroatoms. The molecule has 3 aromatic rings. The lowest BCUT2D eigenvalue weighted by atomic mass is 9.74. The molecular weight excluding hydrogens is 429 g/mol. The summed E-state index contributed by atoms with van der Waals surface area (Å²) in [5, 5.41) is 9.25. The third kappa shape index (κ3) is 5.38. The molecule has 172 valence electrons. The minimum absolute atomic E-state index is 0.0146. The highest BCUT2D eigenvalue weighted by Gasteiger charge is 2.30. The molecule has 2 unspecified atom stereocenters. The second kappa shape index (κ2) is 9.30. The van der Waals surface area contributed by atoms with Gasteiger partial charge in [0, 0.05) is 0 Å². The van der Waals surface area contributed by atoms with E-state index in [4.69, 9.17) is 4.74 Å². The number of hydrogen-bond donors (Lipinski definition) is 1. The molecule has 0 spiro atoms. The summed E-state index contributed by atoms with van der Waals surface area (Å²) in [5.41, 5.74) is 3.99. The molecule has 0 aliphatic heterocycles. The molecule has 1 aliphatic carbocycles. The lowest BCUT2D eigenvalue weighted by molar-refractivity contribution is -0.138. The maximum Gasteiger partial charge on any atom is 0.416 e. The Morgan fingerprint density at radius 3 is 2.48 bits per heavy atom. The zero-order chi connectivity index (χ0) is 23.6. The topological polar surface area (TPSA) is 46.5 Å². The Labute approximate surface area is 190 Å². The fraction of sp³-hybridized carbons (Fsp3) is 0.296. The second-order valence-electron chi connectivity index (χ2n) is 8.65. The average molecular weight is 454 g/mol. The van der Waals surface area contributed by atoms with Crippen LogP contribution in [0.3, 0.4) is 0 Å². The summed E-state index contributed by atoms with van der Waals surface area (Å²) < 4.78 is 44.4. The van der Waals surface area contributed by atoms with Crippen LogP contribution in [0.2, 0.25) is 0 Å². The van der Waals surface area contributed by atoms with E-state index >= 15 is 0 Å². The Kier molecular flexibility index (Phi) is 6.45. The van der Waals surface area contributed by atoms with Gasteiger partial charge in [-0.3, -0.25) is 4.79 Å². The molecule has 0 radical (unpaired) electrons. The van der Waals surface area contributed by atoms with Crippen molar-refractivity contribution in [1.29, 1.82) is 0 Å². The highest BCUT2D eigenvalue weighted by molar-refractivity contribution is 5.68. The maximum atomic E-state index is 12.8. The van der Waals surface area contributed by atoms with E-state index < -0.39 is 17.7 Å². The third-order valence-electron chi connectivity index (χ3n) is 6.34. The normalized spacial score (nSPS) is 17.9. The lowest BCUT2D eigenvalue weighted by Crippen LogP contribution is -2.21. The van der Waals surface area contributed by atoms with Gasteiger partial charge >= 0.3 is 12.1 Å². The van der Waals surface area contributed by atoms with Gasteiger partial charge in [0.05, 0.1) is 12.0 Å². The molecule has 1 aliphatic rings. The Hall–Kier alpha value is -3.28. The number of aliphatic carboxylic acids is 1. The number of alkyl halides is 3. The highest BCUT2D eigenvalue weighted by Crippen LogP contribution is 2.39. The number of carboxylic acids is 1. The number of halogens is 3. The Morgan fingerprint density at radius 1 is 1.03 bits per heavy atom. The fourth-order valence-electron chi connectivity index (χ4n) is 4.50. The van der Waals surface area contributed by atoms with E-state index in [0.29, 0.717) is 18.1 Å². The molecule has 0 saturated carbocycles. The molecule has 2 atom stereocenters. The molecule has 33 heavy (non-hydrogen) atoms. The summed E-state index contributed by atoms with van der Waals surface area (Å²) in [6.07, 6.45) is -2.38. The fourth-order valence-corrected chi connectivity index (χ4v) is 4.50. The number of carbonyl (C=O) groups is 1. The van der Waals surface area contributed by atoms with Crippen LogP contribution in [0.15, 0.2) is 66.7 Å². The number of fused-ring (bicyclic) bond motifs is 1. The SMILES string of the molecule is CC1CCc2cc(OCc3cccc(-c4ccc(C(F)(F)F)cc4)c3)ccc2C1CC(=O)O. The van der Waals surface area contributed by atoms with Gasteiger partial charge in [-0.1, -0.05) is 43.3 Å². The lowest BCUT2D eigenvalue weighted by Gasteiger charge is -2.30. The van der Waals surface area contributed by atoms with Crippen LogP contribution in [0, 0.1) is 5.92 Å². The first-order valence-corrected chi connectivity index (χ1v) is 10.9. The van der Waals surface area contributed by atoms with E-state index in [-0.39, 0.29) is 12.3 Å². The zero-order valence-corrected chi connectivity index (χ0v) is 18.2. The summed E-state index contributed by atoms with van der Waals surface area (Å²) in [5.74, 6) is 0.277. The summed E-state index contributed by atoms with van der Waals surface area (Å²) in [4.78, 5) is 11.3. The second-order valence-corrected chi connectivity index (χ2v) is 8.65. The molecule has 3 nitrogen and oxygen atoms in total. The first kappa shape index (κ1) is 22.9. The van der Waals surface area contributed by atoms with Crippen molar-refractivity contribution in [2.75, 3.05) is 0 Å². The molecule has 4 rings (SSSR count). The van der Waals surface area contributed by atoms with E-state index in [1.165, 1.54) is 12.1 Å². The van der Waals surface area contributed by atoms with Gasteiger partial charge in [-0.2, -0.15) is 13.2 Å². The molecule has 0 heterocycles. The van der Waals surface area contributed by atoms with Gasteiger partial charge < -0.3 is 9.84 Å². The highest BCUT2D eigenvalue weighted by atomic mass is 19.4. The molecular formula is C27H25F3O3. The van der Waals surface area contributed by atoms with Crippen molar-refractivity contribution in [1.82, 2.24) is 0 Å². The Morgan fingerprint density at radius 2 is 1.79 bits per heavy atom. The van der Waals surface area contributed by atoms with Crippen molar-refractivity contribution in [2.45, 2.75) is 44.9 Å². The van der Waals surface area contributed by atoms with Gasteiger partial charge in [-0.25, -0.2) is 0 Å². The van der Waals surface area contributed by atoms with Gasteiger partial charge in [0.15, 0.2) is 0 Å². The number of rotatable bonds is 6. The van der Waals surface area contributed by atoms with E-state index in [1.807, 2.05) is 42.5 Å². The monoisotopic (exact) mass is 454 g/mol. The van der Waals surface area contributed by atoms with Crippen molar-refractivity contribution in [3.8, 4) is 16.9 Å². The summed E-state index contributed by atoms with van der Waals surface area (Å²) >= 11 is 0. The van der Waals surface area contributed by atoms with Gasteiger partial charge in [0.2, 0.25) is 0 Å². The van der Waals surface area contributed by atoms with Gasteiger partial charge in [0.25, 0.3) is 0 Å². The van der Waals surface area contributed by atoms with Crippen LogP contribution in [0.1, 0.15) is 47.9 Å². The predicted molar refractivity (Wildman–Crippen MR) is 120 cm³/mol. The van der Waals surface area contributed by atoms with E-state index in [9.17, 15) is 23.1 Å². The smallest absolute Gasteiger partial charge is 0.416 e. The van der Waals surface area contributed by atoms with Crippen molar-refractivity contribution in [3.63, 3.8) is 0 Å². The minimum atomic E-state index is -4.35. The maximum absolute atomic E-state index is 12.8. The van der Waals surface area contributed by atoms with Crippen LogP contribution in [-0.4, -0.2) is 11.1 Å². The van der Waals surface area contributed by atoms with Crippen LogP contribution in [-0.2, 0) is 24.0 Å². The third-order valence-corrected chi connectivity index (χ3v) is 6.34. The van der Waals surface area contributed by atoms with Gasteiger partial charge in [-0.15, -0.1) is 0 Å². The van der Waals surface area contributed by atoms with Crippen molar-refractivity contribution >= 4 is 5.97 Å². The summed E-state index contributed by atoms with van der Waals surface area (Å²) in [6, 6.07) is 18.5. The molecule has 0 bridgehead atoms. The molecule has 0 saturated heterocycles. The van der Waals surface area contributed by atoms with Crippen LogP contribution in [0.5, 0.6) is 5.75 Å². The average Bonchev–Trinajstić information content (AvgIpc) is 2.79. The first-order chi connectivity index (χ1) is 15.7. The van der Waals surface area contributed by atoms with E-state index in [2.05, 4.69) is 6.92 Å². The molecule has 0 amide bonds. The number of ether oxygens (including phenoxy) is 1. The Balaban J connectivity index is 1.46. The molecule has 1 N–H and O–H groups in total. The van der Waals surface area contributed by atoms with Crippen molar-refractivity contribution in [3.05, 3.63) is 89.0 Å². The van der Waals surface area contributed by atoms with Crippen LogP contribution in [0.4, 0.5) is 13.2 Å². The first-order valence-electron chi connectivity index (χ1n) is 10.9. The molecule has 0 fully saturated rings. The molecule has 3 aromatic carbocycles. The zero-order valence-electron chi connectivity index (χ0n) is 18.2. The van der Waals surface area contributed by atoms with Gasteiger partial charge in [0.1, 0.15) is 12.4 Å². The number of carboxylic acid groups (broad SMARTS) is 1. The Bertz CT molecular complexity index is 1140. The van der Waals surface area contributed by atoms with Crippen LogP contribution < -0.4 is 4.74 Å². The van der Waals surface area contributed by atoms with Crippen molar-refractivity contribution < 1.29 is 27.8 Å². The van der Waals surface area contributed by atoms with Crippen LogP contribution in [0.25, 0.3) is 11.1 Å². The standard InChI is InChI=1S/C27H25F3O3/c1-17-5-6-21-14-23(11-12-24(21)25(17)15-26(31)32)33-16-18-3-2-4-20(13-18)19-7-9-22(10-8-19)27(28,29)30/h2-4,7-14,17,25H,5-6,15-16H2,1H3,(H,31,32). The summed E-state index contributed by atoms with van der Waals surface area (Å²) in [6.45, 7) is 2.42. The van der Waals surface area contributed by atoms with E-state index in [1.54, 1.807) is 0 Å². The number of aryl methyl sites for hydroxylation is 1. The van der Waals surface area contributed by atoms with Crippen molar-refractivity contribution in [2.24, 2.45) is 5.92 Å².